The number of nitrogens with one attached hydrogen (secondary N) is 2. The summed E-state index contributed by atoms with van der Waals surface area (Å²) in [5.41, 5.74) is 4.43. The van der Waals surface area contributed by atoms with Gasteiger partial charge in [0.25, 0.3) is 0 Å². The molecule has 0 saturated carbocycles. The minimum atomic E-state index is -1.03. The van der Waals surface area contributed by atoms with E-state index in [9.17, 15) is 14.4 Å². The van der Waals surface area contributed by atoms with Gasteiger partial charge in [0.1, 0.15) is 12.6 Å². The molecule has 2 amide bonds. The lowest BCUT2D eigenvalue weighted by Gasteiger charge is -2.24. The molecule has 0 aromatic heterocycles. The average Bonchev–Trinajstić information content (AvgIpc) is 3.13. The number of carbonyl (C=O) groups excluding carboxylic acids is 2. The fraction of sp³-hybridized carbons (Fsp3) is 0.423. The minimum absolute atomic E-state index is 0.0153. The predicted molar refractivity (Wildman–Crippen MR) is 126 cm³/mol. The Morgan fingerprint density at radius 3 is 2.09 bits per heavy atom. The Bertz CT molecular complexity index is 960. The van der Waals surface area contributed by atoms with Crippen LogP contribution in [0.4, 0.5) is 4.79 Å². The Balaban J connectivity index is 1.65. The van der Waals surface area contributed by atoms with Crippen molar-refractivity contribution in [1.29, 1.82) is 0 Å². The number of carboxylic acid groups (broad SMARTS) is 1. The molecule has 2 aromatic carbocycles. The van der Waals surface area contributed by atoms with Gasteiger partial charge in [-0.25, -0.2) is 4.79 Å². The minimum Gasteiger partial charge on any atom is -0.481 e. The highest BCUT2D eigenvalue weighted by molar-refractivity contribution is 5.86. The molecule has 3 N–H and O–H groups in total. The molecule has 0 aliphatic heterocycles. The van der Waals surface area contributed by atoms with E-state index < -0.39 is 24.0 Å². The fourth-order valence-electron chi connectivity index (χ4n) is 4.14. The lowest BCUT2D eigenvalue weighted by Crippen LogP contribution is -2.50. The molecule has 7 nitrogen and oxygen atoms in total. The van der Waals surface area contributed by atoms with Crippen molar-refractivity contribution in [3.05, 3.63) is 59.7 Å². The van der Waals surface area contributed by atoms with Crippen molar-refractivity contribution in [2.75, 3.05) is 6.61 Å². The quantitative estimate of drug-likeness (QED) is 0.498. The van der Waals surface area contributed by atoms with E-state index in [1.165, 1.54) is 0 Å². The maximum atomic E-state index is 12.7. The Kier molecular flexibility index (Phi) is 8.09. The third kappa shape index (κ3) is 5.92. The number of ether oxygens (including phenoxy) is 1. The maximum absolute atomic E-state index is 12.7. The second kappa shape index (κ2) is 11.0. The van der Waals surface area contributed by atoms with Crippen LogP contribution in [0, 0.1) is 5.92 Å². The van der Waals surface area contributed by atoms with Gasteiger partial charge in [-0.3, -0.25) is 9.59 Å². The average molecular weight is 453 g/mol. The van der Waals surface area contributed by atoms with Gasteiger partial charge in [-0.05, 0) is 41.5 Å². The van der Waals surface area contributed by atoms with E-state index in [1.807, 2.05) is 57.2 Å². The summed E-state index contributed by atoms with van der Waals surface area (Å²) in [6.07, 6.45) is -0.0994. The van der Waals surface area contributed by atoms with Crippen molar-refractivity contribution in [3.8, 4) is 11.1 Å². The highest BCUT2D eigenvalue weighted by Crippen LogP contribution is 2.44. The molecule has 1 aliphatic carbocycles. The van der Waals surface area contributed by atoms with Crippen LogP contribution in [0.5, 0.6) is 0 Å². The van der Waals surface area contributed by atoms with Crippen molar-refractivity contribution in [2.24, 2.45) is 5.92 Å². The molecule has 2 aromatic rings. The normalized spacial score (nSPS) is 15.0. The molecule has 33 heavy (non-hydrogen) atoms. The van der Waals surface area contributed by atoms with Gasteiger partial charge < -0.3 is 20.5 Å². The van der Waals surface area contributed by atoms with Crippen LogP contribution in [0.1, 0.15) is 57.1 Å². The van der Waals surface area contributed by atoms with E-state index in [0.717, 1.165) is 28.7 Å². The summed E-state index contributed by atoms with van der Waals surface area (Å²) >= 11 is 0. The molecular weight excluding hydrogens is 420 g/mol. The molecular formula is C26H32N2O5. The van der Waals surface area contributed by atoms with Gasteiger partial charge in [0.15, 0.2) is 0 Å². The fourth-order valence-corrected chi connectivity index (χ4v) is 4.14. The number of alkyl carbamates (subject to hydrolysis) is 1. The summed E-state index contributed by atoms with van der Waals surface area (Å²) in [5, 5.41) is 14.5. The first-order valence-electron chi connectivity index (χ1n) is 11.5. The van der Waals surface area contributed by atoms with Crippen molar-refractivity contribution >= 4 is 18.0 Å². The zero-order valence-electron chi connectivity index (χ0n) is 19.3. The summed E-state index contributed by atoms with van der Waals surface area (Å²) in [4.78, 5) is 36.4. The van der Waals surface area contributed by atoms with Gasteiger partial charge in [-0.1, -0.05) is 68.8 Å². The lowest BCUT2D eigenvalue weighted by atomic mass is 9.98. The Morgan fingerprint density at radius 2 is 1.55 bits per heavy atom. The van der Waals surface area contributed by atoms with Crippen molar-refractivity contribution in [3.63, 3.8) is 0 Å². The van der Waals surface area contributed by atoms with Crippen molar-refractivity contribution < 1.29 is 24.2 Å². The number of benzene rings is 2. The molecule has 0 heterocycles. The van der Waals surface area contributed by atoms with E-state index in [0.29, 0.717) is 0 Å². The van der Waals surface area contributed by atoms with Gasteiger partial charge in [0.2, 0.25) is 5.91 Å². The highest BCUT2D eigenvalue weighted by atomic mass is 16.5. The number of fused-ring (bicyclic) bond motifs is 3. The van der Waals surface area contributed by atoms with Crippen molar-refractivity contribution in [2.45, 2.75) is 58.0 Å². The number of aliphatic carboxylic acids is 1. The van der Waals surface area contributed by atoms with Crippen LogP contribution in [-0.4, -0.2) is 41.8 Å². The van der Waals surface area contributed by atoms with Gasteiger partial charge in [0.05, 0.1) is 0 Å². The van der Waals surface area contributed by atoms with Crippen LogP contribution < -0.4 is 10.6 Å². The Hall–Kier alpha value is -3.35. The first kappa shape index (κ1) is 24.3. The summed E-state index contributed by atoms with van der Waals surface area (Å²) in [6, 6.07) is 15.0. The van der Waals surface area contributed by atoms with Crippen molar-refractivity contribution in [1.82, 2.24) is 10.6 Å². The predicted octanol–water partition coefficient (Wildman–Crippen LogP) is 4.31. The summed E-state index contributed by atoms with van der Waals surface area (Å²) in [5.74, 6) is -1.28. The number of amides is 2. The molecule has 0 saturated heterocycles. The van der Waals surface area contributed by atoms with Crippen LogP contribution >= 0.6 is 0 Å². The van der Waals surface area contributed by atoms with Gasteiger partial charge in [-0.15, -0.1) is 0 Å². The lowest BCUT2D eigenvalue weighted by molar-refractivity contribution is -0.137. The topological polar surface area (TPSA) is 105 Å². The van der Waals surface area contributed by atoms with Crippen LogP contribution in [0.15, 0.2) is 48.5 Å². The molecule has 176 valence electrons. The molecule has 3 atom stereocenters. The SMILES string of the molecule is CCC(C)C(C)NC(=O)C(CCC(=O)O)NC(=O)OCC1c2ccccc2-c2ccccc21. The summed E-state index contributed by atoms with van der Waals surface area (Å²) in [6.45, 7) is 6.07. The molecule has 3 rings (SSSR count). The maximum Gasteiger partial charge on any atom is 0.407 e. The number of hydrogen-bond acceptors (Lipinski definition) is 4. The Labute approximate surface area is 194 Å². The van der Waals surface area contributed by atoms with Crippen LogP contribution in [-0.2, 0) is 14.3 Å². The molecule has 0 spiro atoms. The molecule has 1 aliphatic rings. The smallest absolute Gasteiger partial charge is 0.407 e. The number of hydrogen-bond donors (Lipinski definition) is 3. The third-order valence-corrected chi connectivity index (χ3v) is 6.47. The highest BCUT2D eigenvalue weighted by Gasteiger charge is 2.30. The molecule has 7 heteroatoms. The summed E-state index contributed by atoms with van der Waals surface area (Å²) < 4.78 is 5.52. The largest absolute Gasteiger partial charge is 0.481 e. The van der Waals surface area contributed by atoms with Gasteiger partial charge in [-0.2, -0.15) is 0 Å². The second-order valence-electron chi connectivity index (χ2n) is 8.64. The molecule has 0 radical (unpaired) electrons. The zero-order chi connectivity index (χ0) is 24.0. The standard InChI is InChI=1S/C26H32N2O5/c1-4-16(2)17(3)27-25(31)23(13-14-24(29)30)28-26(32)33-15-22-20-11-7-5-9-18(20)19-10-6-8-12-21(19)22/h5-12,16-17,22-23H,4,13-15H2,1-3H3,(H,27,31)(H,28,32)(H,29,30). The molecule has 3 unspecified atom stereocenters. The molecule has 0 fully saturated rings. The first-order valence-corrected chi connectivity index (χ1v) is 11.5. The van der Waals surface area contributed by atoms with Gasteiger partial charge >= 0.3 is 12.1 Å². The van der Waals surface area contributed by atoms with E-state index in [-0.39, 0.29) is 37.3 Å². The first-order chi connectivity index (χ1) is 15.8. The van der Waals surface area contributed by atoms with E-state index in [2.05, 4.69) is 22.8 Å². The van der Waals surface area contributed by atoms with Crippen LogP contribution in [0.2, 0.25) is 0 Å². The third-order valence-electron chi connectivity index (χ3n) is 6.47. The van der Waals surface area contributed by atoms with E-state index in [1.54, 1.807) is 0 Å². The summed E-state index contributed by atoms with van der Waals surface area (Å²) in [7, 11) is 0. The van der Waals surface area contributed by atoms with Crippen LogP contribution in [0.25, 0.3) is 11.1 Å². The number of rotatable bonds is 10. The zero-order valence-corrected chi connectivity index (χ0v) is 19.3. The van der Waals surface area contributed by atoms with Crippen LogP contribution in [0.3, 0.4) is 0 Å². The van der Waals surface area contributed by atoms with E-state index >= 15 is 0 Å². The van der Waals surface area contributed by atoms with E-state index in [4.69, 9.17) is 9.84 Å². The monoisotopic (exact) mass is 452 g/mol. The second-order valence-corrected chi connectivity index (χ2v) is 8.64. The number of carboxylic acids is 1. The Morgan fingerprint density at radius 1 is 0.970 bits per heavy atom. The molecule has 0 bridgehead atoms. The number of carbonyl (C=O) groups is 3. The van der Waals surface area contributed by atoms with Gasteiger partial charge in [0, 0.05) is 18.4 Å².